The van der Waals surface area contributed by atoms with Crippen molar-refractivity contribution in [2.45, 2.75) is 62.4 Å². The van der Waals surface area contributed by atoms with Gasteiger partial charge in [-0.1, -0.05) is 32.3 Å². The molecule has 0 spiro atoms. The van der Waals surface area contributed by atoms with Gasteiger partial charge in [-0.15, -0.1) is 0 Å². The van der Waals surface area contributed by atoms with Crippen LogP contribution in [0.2, 0.25) is 0 Å². The number of benzene rings is 1. The lowest BCUT2D eigenvalue weighted by Crippen LogP contribution is -2.48. The molecule has 1 saturated carbocycles. The fraction of sp³-hybridized carbons (Fsp3) is 0.462. The summed E-state index contributed by atoms with van der Waals surface area (Å²) < 4.78 is 34.1. The molecule has 0 aliphatic heterocycles. The minimum Gasteiger partial charge on any atom is -0.465 e. The highest BCUT2D eigenvalue weighted by Gasteiger charge is 2.29. The number of pyridine rings is 1. The fourth-order valence-electron chi connectivity index (χ4n) is 4.22. The number of nitrogens with zero attached hydrogens (tertiary/aromatic N) is 2. The molecule has 204 valence electrons. The average Bonchev–Trinajstić information content (AvgIpc) is 2.89. The largest absolute Gasteiger partial charge is 0.465 e. The number of anilines is 3. The van der Waals surface area contributed by atoms with Crippen LogP contribution in [0.15, 0.2) is 35.2 Å². The maximum absolute atomic E-state index is 12.6. The molecule has 0 radical (unpaired) electrons. The van der Waals surface area contributed by atoms with E-state index in [4.69, 9.17) is 9.47 Å². The van der Waals surface area contributed by atoms with E-state index in [-0.39, 0.29) is 33.9 Å². The molecule has 1 aliphatic rings. The van der Waals surface area contributed by atoms with Gasteiger partial charge in [-0.3, -0.25) is 0 Å². The normalized spacial score (nSPS) is 17.1. The molecule has 2 aromatic rings. The third kappa shape index (κ3) is 7.58. The summed E-state index contributed by atoms with van der Waals surface area (Å²) in [6, 6.07) is 9.11. The molecule has 38 heavy (non-hydrogen) atoms. The Morgan fingerprint density at radius 2 is 1.92 bits per heavy atom. The third-order valence-electron chi connectivity index (χ3n) is 6.19. The van der Waals surface area contributed by atoms with Gasteiger partial charge in [0.15, 0.2) is 9.84 Å². The summed E-state index contributed by atoms with van der Waals surface area (Å²) in [6.45, 7) is 2.37. The Morgan fingerprint density at radius 3 is 2.58 bits per heavy atom. The molecule has 1 fully saturated rings. The monoisotopic (exact) mass is 543 g/mol. The lowest BCUT2D eigenvalue weighted by Gasteiger charge is -2.33. The number of ether oxygens (including phenoxy) is 2. The van der Waals surface area contributed by atoms with Crippen molar-refractivity contribution in [1.29, 1.82) is 5.26 Å². The number of rotatable bonds is 10. The van der Waals surface area contributed by atoms with Crippen molar-refractivity contribution in [3.05, 3.63) is 41.5 Å². The van der Waals surface area contributed by atoms with Crippen molar-refractivity contribution in [3.8, 4) is 6.07 Å². The van der Waals surface area contributed by atoms with Crippen LogP contribution in [0.5, 0.6) is 0 Å². The summed E-state index contributed by atoms with van der Waals surface area (Å²) in [6.07, 6.45) is 5.71. The quantitative estimate of drug-likeness (QED) is 0.294. The second kappa shape index (κ2) is 13.1. The Labute approximate surface area is 222 Å². The van der Waals surface area contributed by atoms with Crippen LogP contribution >= 0.6 is 0 Å². The molecule has 11 nitrogen and oxygen atoms in total. The molecule has 2 atom stereocenters. The highest BCUT2D eigenvalue weighted by molar-refractivity contribution is 7.90. The first kappa shape index (κ1) is 28.7. The Bertz CT molecular complexity index is 1310. The molecule has 0 bridgehead atoms. The van der Waals surface area contributed by atoms with Crippen molar-refractivity contribution in [1.82, 2.24) is 10.3 Å². The van der Waals surface area contributed by atoms with Crippen molar-refractivity contribution >= 4 is 39.2 Å². The topological polar surface area (TPSA) is 160 Å². The van der Waals surface area contributed by atoms with Gasteiger partial charge in [-0.05, 0) is 43.5 Å². The van der Waals surface area contributed by atoms with Crippen LogP contribution in [0.3, 0.4) is 0 Å². The number of sulfone groups is 1. The van der Waals surface area contributed by atoms with Gasteiger partial charge in [0.1, 0.15) is 23.3 Å². The second-order valence-corrected chi connectivity index (χ2v) is 11.1. The first-order valence-corrected chi connectivity index (χ1v) is 14.4. The van der Waals surface area contributed by atoms with E-state index in [1.165, 1.54) is 25.3 Å². The number of nitrogens with one attached hydrogen (secondary N) is 3. The number of aromatic nitrogens is 1. The lowest BCUT2D eigenvalue weighted by molar-refractivity contribution is 0.0601. The first-order chi connectivity index (χ1) is 18.2. The van der Waals surface area contributed by atoms with E-state index in [1.54, 1.807) is 12.1 Å². The molecule has 1 aromatic heterocycles. The minimum absolute atomic E-state index is 0.0235. The van der Waals surface area contributed by atoms with Gasteiger partial charge in [-0.25, -0.2) is 23.0 Å². The number of methoxy groups -OCH3 is 1. The standard InChI is InChI=1S/C26H33N5O6S/c1-4-5-13-37-26(33)30-21-12-7-6-11-20(21)29-22-14-17(16-27)23(25(32)36-2)24(31-22)28-18-9-8-10-19(15-18)38(3,34)35/h8-10,14-15,20-21H,4-7,11-13H2,1-3H3,(H,30,33)(H2,28,29,31)/t20-,21+/m1/s1. The van der Waals surface area contributed by atoms with Crippen LogP contribution in [0, 0.1) is 11.3 Å². The Kier molecular flexibility index (Phi) is 9.90. The average molecular weight is 544 g/mol. The Balaban J connectivity index is 1.92. The van der Waals surface area contributed by atoms with Crippen LogP contribution in [-0.4, -0.2) is 57.5 Å². The second-order valence-electron chi connectivity index (χ2n) is 9.08. The van der Waals surface area contributed by atoms with Gasteiger partial charge in [0.2, 0.25) is 0 Å². The molecule has 3 N–H and O–H groups in total. The van der Waals surface area contributed by atoms with Gasteiger partial charge >= 0.3 is 12.1 Å². The van der Waals surface area contributed by atoms with E-state index in [0.29, 0.717) is 18.1 Å². The highest BCUT2D eigenvalue weighted by atomic mass is 32.2. The number of hydrogen-bond acceptors (Lipinski definition) is 10. The van der Waals surface area contributed by atoms with E-state index in [0.717, 1.165) is 44.8 Å². The lowest BCUT2D eigenvalue weighted by atomic mass is 9.90. The third-order valence-corrected chi connectivity index (χ3v) is 7.30. The molecule has 1 heterocycles. The number of carbonyl (C=O) groups excluding carboxylic acids is 2. The molecule has 1 amide bonds. The van der Waals surface area contributed by atoms with Crippen LogP contribution in [0.25, 0.3) is 0 Å². The zero-order valence-corrected chi connectivity index (χ0v) is 22.6. The number of esters is 1. The maximum atomic E-state index is 12.6. The number of unbranched alkanes of at least 4 members (excludes halogenated alkanes) is 1. The van der Waals surface area contributed by atoms with E-state index in [9.17, 15) is 23.3 Å². The molecule has 0 saturated heterocycles. The number of amides is 1. The summed E-state index contributed by atoms with van der Waals surface area (Å²) >= 11 is 0. The predicted molar refractivity (Wildman–Crippen MR) is 142 cm³/mol. The van der Waals surface area contributed by atoms with E-state index in [1.807, 2.05) is 13.0 Å². The summed E-state index contributed by atoms with van der Waals surface area (Å²) in [5.41, 5.74) is 0.303. The van der Waals surface area contributed by atoms with E-state index >= 15 is 0 Å². The molecule has 1 aliphatic carbocycles. The van der Waals surface area contributed by atoms with Crippen molar-refractivity contribution in [3.63, 3.8) is 0 Å². The molecule has 0 unspecified atom stereocenters. The highest BCUT2D eigenvalue weighted by Crippen LogP contribution is 2.29. The van der Waals surface area contributed by atoms with Gasteiger partial charge in [-0.2, -0.15) is 5.26 Å². The van der Waals surface area contributed by atoms with E-state index < -0.39 is 21.9 Å². The SMILES string of the molecule is CCCCOC(=O)N[C@H]1CCCC[C@H]1Nc1cc(C#N)c(C(=O)OC)c(Nc2cccc(S(C)(=O)=O)c2)n1. The van der Waals surface area contributed by atoms with Crippen LogP contribution in [-0.2, 0) is 19.3 Å². The van der Waals surface area contributed by atoms with Gasteiger partial charge in [0, 0.05) is 18.0 Å². The Morgan fingerprint density at radius 1 is 1.18 bits per heavy atom. The number of hydrogen-bond donors (Lipinski definition) is 3. The van der Waals surface area contributed by atoms with Crippen LogP contribution in [0.4, 0.5) is 22.1 Å². The Hall–Kier alpha value is -3.85. The number of alkyl carbamates (subject to hydrolysis) is 1. The minimum atomic E-state index is -3.47. The predicted octanol–water partition coefficient (Wildman–Crippen LogP) is 4.14. The van der Waals surface area contributed by atoms with Gasteiger partial charge < -0.3 is 25.4 Å². The zero-order chi connectivity index (χ0) is 27.7. The fourth-order valence-corrected chi connectivity index (χ4v) is 4.88. The molecule has 12 heteroatoms. The van der Waals surface area contributed by atoms with Crippen molar-refractivity contribution in [2.75, 3.05) is 30.6 Å². The van der Waals surface area contributed by atoms with Gasteiger partial charge in [0.05, 0.1) is 30.2 Å². The summed E-state index contributed by atoms with van der Waals surface area (Å²) in [7, 11) is -2.28. The molecular weight excluding hydrogens is 510 g/mol. The zero-order valence-electron chi connectivity index (χ0n) is 21.7. The number of nitriles is 1. The smallest absolute Gasteiger partial charge is 0.407 e. The summed E-state index contributed by atoms with van der Waals surface area (Å²) in [5.74, 6) is -0.424. The first-order valence-electron chi connectivity index (χ1n) is 12.5. The van der Waals surface area contributed by atoms with Crippen LogP contribution in [0.1, 0.15) is 61.4 Å². The number of carbonyl (C=O) groups is 2. The van der Waals surface area contributed by atoms with Crippen LogP contribution < -0.4 is 16.0 Å². The van der Waals surface area contributed by atoms with Crippen molar-refractivity contribution < 1.29 is 27.5 Å². The molecular formula is C26H33N5O6S. The van der Waals surface area contributed by atoms with E-state index in [2.05, 4.69) is 20.9 Å². The summed E-state index contributed by atoms with van der Waals surface area (Å²) in [5, 5.41) is 19.0. The maximum Gasteiger partial charge on any atom is 0.407 e. The van der Waals surface area contributed by atoms with Gasteiger partial charge in [0.25, 0.3) is 0 Å². The molecule has 3 rings (SSSR count). The van der Waals surface area contributed by atoms with Crippen molar-refractivity contribution in [2.24, 2.45) is 0 Å². The summed E-state index contributed by atoms with van der Waals surface area (Å²) in [4.78, 5) is 29.5. The molecule has 1 aromatic carbocycles.